The minimum absolute atomic E-state index is 0.0306. The van der Waals surface area contributed by atoms with Gasteiger partial charge in [0.25, 0.3) is 0 Å². The van der Waals surface area contributed by atoms with Gasteiger partial charge in [0.15, 0.2) is 0 Å². The zero-order valence-electron chi connectivity index (χ0n) is 15.2. The van der Waals surface area contributed by atoms with Crippen LogP contribution in [0.2, 0.25) is 15.1 Å². The minimum atomic E-state index is -3.90. The number of hydrogen-bond acceptors (Lipinski definition) is 4. The molecule has 1 N–H and O–H groups in total. The van der Waals surface area contributed by atoms with Gasteiger partial charge in [-0.3, -0.25) is 4.79 Å². The number of likely N-dealkylation sites (N-methyl/N-ethyl adjacent to an activating group) is 1. The lowest BCUT2D eigenvalue weighted by molar-refractivity contribution is -0.121. The first-order chi connectivity index (χ1) is 13.1. The molecule has 0 aliphatic heterocycles. The summed E-state index contributed by atoms with van der Waals surface area (Å²) in [5.41, 5.74) is 0.670. The molecule has 6 nitrogen and oxygen atoms in total. The number of nitrogens with one attached hydrogen (secondary N) is 1. The molecule has 28 heavy (non-hydrogen) atoms. The summed E-state index contributed by atoms with van der Waals surface area (Å²) in [7, 11) is -2.58. The summed E-state index contributed by atoms with van der Waals surface area (Å²) in [4.78, 5) is 12.1. The summed E-state index contributed by atoms with van der Waals surface area (Å²) in [5, 5.41) is 3.71. The van der Waals surface area contributed by atoms with E-state index in [9.17, 15) is 13.2 Å². The monoisotopic (exact) mass is 464 g/mol. The number of ether oxygens (including phenoxy) is 1. The van der Waals surface area contributed by atoms with Crippen LogP contribution in [0.3, 0.4) is 0 Å². The van der Waals surface area contributed by atoms with Crippen LogP contribution in [0, 0.1) is 0 Å². The summed E-state index contributed by atoms with van der Waals surface area (Å²) in [6, 6.07) is 9.07. The molecule has 0 saturated carbocycles. The lowest BCUT2D eigenvalue weighted by atomic mass is 10.2. The van der Waals surface area contributed by atoms with Crippen molar-refractivity contribution in [1.29, 1.82) is 0 Å². The predicted octanol–water partition coefficient (Wildman–Crippen LogP) is 3.98. The normalized spacial score (nSPS) is 11.5. The van der Waals surface area contributed by atoms with Crippen LogP contribution in [0.25, 0.3) is 0 Å². The maximum atomic E-state index is 12.7. The molecule has 0 aliphatic rings. The van der Waals surface area contributed by atoms with Crippen LogP contribution >= 0.6 is 34.8 Å². The fourth-order valence-corrected chi connectivity index (χ4v) is 4.23. The van der Waals surface area contributed by atoms with E-state index < -0.39 is 15.9 Å². The van der Waals surface area contributed by atoms with Gasteiger partial charge in [0.1, 0.15) is 5.75 Å². The minimum Gasteiger partial charge on any atom is -0.492 e. The Bertz CT molecular complexity index is 967. The van der Waals surface area contributed by atoms with E-state index in [1.807, 2.05) is 0 Å². The first kappa shape index (κ1) is 22.8. The number of benzene rings is 2. The van der Waals surface area contributed by atoms with Gasteiger partial charge in [-0.05, 0) is 42.8 Å². The van der Waals surface area contributed by atoms with E-state index in [-0.39, 0.29) is 23.0 Å². The molecule has 0 spiro atoms. The van der Waals surface area contributed by atoms with Crippen molar-refractivity contribution in [3.8, 4) is 5.75 Å². The number of rotatable bonds is 8. The summed E-state index contributed by atoms with van der Waals surface area (Å²) < 4.78 is 31.6. The number of nitrogens with zero attached hydrogens (tertiary/aromatic N) is 1. The molecule has 2 aromatic rings. The third kappa shape index (κ3) is 5.75. The van der Waals surface area contributed by atoms with Gasteiger partial charge in [0.2, 0.25) is 15.9 Å². The Hall–Kier alpha value is -1.51. The number of sulfonamides is 1. The smallest absolute Gasteiger partial charge is 0.243 e. The lowest BCUT2D eigenvalue weighted by Crippen LogP contribution is -2.38. The van der Waals surface area contributed by atoms with Gasteiger partial charge in [-0.25, -0.2) is 8.42 Å². The van der Waals surface area contributed by atoms with E-state index in [0.29, 0.717) is 28.0 Å². The maximum Gasteiger partial charge on any atom is 0.243 e. The fourth-order valence-electron chi connectivity index (χ4n) is 2.30. The highest BCUT2D eigenvalue weighted by Crippen LogP contribution is 2.28. The van der Waals surface area contributed by atoms with Crippen molar-refractivity contribution < 1.29 is 17.9 Å². The van der Waals surface area contributed by atoms with E-state index >= 15 is 0 Å². The third-order valence-electron chi connectivity index (χ3n) is 3.77. The molecular formula is C18H19Cl3N2O4S. The highest BCUT2D eigenvalue weighted by atomic mass is 35.5. The van der Waals surface area contributed by atoms with Gasteiger partial charge in [-0.1, -0.05) is 40.9 Å². The Balaban J connectivity index is 2.03. The summed E-state index contributed by atoms with van der Waals surface area (Å²) in [6.07, 6.45) is 0. The van der Waals surface area contributed by atoms with Crippen molar-refractivity contribution in [1.82, 2.24) is 9.62 Å². The van der Waals surface area contributed by atoms with Crippen molar-refractivity contribution in [2.45, 2.75) is 18.4 Å². The average molecular weight is 466 g/mol. The Morgan fingerprint density at radius 1 is 1.11 bits per heavy atom. The molecule has 152 valence electrons. The molecule has 10 heteroatoms. The third-order valence-corrected chi connectivity index (χ3v) is 6.45. The van der Waals surface area contributed by atoms with Crippen LogP contribution in [0.15, 0.2) is 41.3 Å². The highest BCUT2D eigenvalue weighted by molar-refractivity contribution is 7.89. The fraction of sp³-hybridized carbons (Fsp3) is 0.278. The molecule has 0 fully saturated rings. The van der Waals surface area contributed by atoms with Gasteiger partial charge in [-0.2, -0.15) is 4.31 Å². The molecule has 0 atom stereocenters. The van der Waals surface area contributed by atoms with Crippen LogP contribution < -0.4 is 10.1 Å². The second kappa shape index (κ2) is 9.80. The van der Waals surface area contributed by atoms with Crippen molar-refractivity contribution in [3.63, 3.8) is 0 Å². The topological polar surface area (TPSA) is 75.7 Å². The molecule has 1 amide bonds. The number of carbonyl (C=O) groups is 1. The Kier molecular flexibility index (Phi) is 7.97. The van der Waals surface area contributed by atoms with Crippen molar-refractivity contribution in [2.75, 3.05) is 20.2 Å². The van der Waals surface area contributed by atoms with Gasteiger partial charge in [0, 0.05) is 23.6 Å². The van der Waals surface area contributed by atoms with E-state index in [0.717, 1.165) is 4.31 Å². The maximum absolute atomic E-state index is 12.7. The zero-order chi connectivity index (χ0) is 20.9. The summed E-state index contributed by atoms with van der Waals surface area (Å²) in [5.74, 6) is -0.0857. The summed E-state index contributed by atoms with van der Waals surface area (Å²) >= 11 is 17.9. The van der Waals surface area contributed by atoms with Crippen LogP contribution in [-0.2, 0) is 21.4 Å². The lowest BCUT2D eigenvalue weighted by Gasteiger charge is -2.18. The van der Waals surface area contributed by atoms with E-state index in [1.54, 1.807) is 25.1 Å². The molecule has 0 unspecified atom stereocenters. The summed E-state index contributed by atoms with van der Waals surface area (Å²) in [6.45, 7) is 1.99. The van der Waals surface area contributed by atoms with E-state index in [2.05, 4.69) is 5.32 Å². The molecule has 2 rings (SSSR count). The molecule has 0 saturated heterocycles. The largest absolute Gasteiger partial charge is 0.492 e. The average Bonchev–Trinajstić information content (AvgIpc) is 2.62. The predicted molar refractivity (Wildman–Crippen MR) is 111 cm³/mol. The first-order valence-electron chi connectivity index (χ1n) is 8.24. The molecule has 2 aromatic carbocycles. The molecule has 0 heterocycles. The van der Waals surface area contributed by atoms with Crippen LogP contribution in [0.1, 0.15) is 12.5 Å². The van der Waals surface area contributed by atoms with Gasteiger partial charge < -0.3 is 10.1 Å². The number of amides is 1. The highest BCUT2D eigenvalue weighted by Gasteiger charge is 2.24. The number of halogens is 3. The Morgan fingerprint density at radius 3 is 2.43 bits per heavy atom. The standard InChI is InChI=1S/C18H19Cl3N2O4S/c1-3-27-17-7-6-14(9-16(17)21)28(25,26)23(2)11-18(24)22-10-12-4-5-13(19)8-15(12)20/h4-9H,3,10-11H2,1-2H3,(H,22,24). The second-order valence-electron chi connectivity index (χ2n) is 5.80. The molecule has 0 aliphatic carbocycles. The van der Waals surface area contributed by atoms with Gasteiger partial charge >= 0.3 is 0 Å². The van der Waals surface area contributed by atoms with Crippen molar-refractivity contribution >= 4 is 50.7 Å². The van der Waals surface area contributed by atoms with Crippen LogP contribution in [0.4, 0.5) is 0 Å². The van der Waals surface area contributed by atoms with E-state index in [1.165, 1.54) is 25.2 Å². The van der Waals surface area contributed by atoms with Crippen molar-refractivity contribution in [3.05, 3.63) is 57.0 Å². The van der Waals surface area contributed by atoms with Crippen LogP contribution in [0.5, 0.6) is 5.75 Å². The van der Waals surface area contributed by atoms with Crippen LogP contribution in [-0.4, -0.2) is 38.8 Å². The molecule has 0 bridgehead atoms. The Morgan fingerprint density at radius 2 is 1.82 bits per heavy atom. The molecular weight excluding hydrogens is 447 g/mol. The number of hydrogen-bond donors (Lipinski definition) is 1. The number of carbonyl (C=O) groups excluding carboxylic acids is 1. The quantitative estimate of drug-likeness (QED) is 0.640. The second-order valence-corrected chi connectivity index (χ2v) is 9.09. The SMILES string of the molecule is CCOc1ccc(S(=O)(=O)N(C)CC(=O)NCc2ccc(Cl)cc2Cl)cc1Cl. The first-order valence-corrected chi connectivity index (χ1v) is 10.8. The zero-order valence-corrected chi connectivity index (χ0v) is 18.3. The van der Waals surface area contributed by atoms with Gasteiger partial charge in [-0.15, -0.1) is 0 Å². The van der Waals surface area contributed by atoms with Crippen molar-refractivity contribution in [2.24, 2.45) is 0 Å². The molecule has 0 radical (unpaired) electrons. The van der Waals surface area contributed by atoms with Gasteiger partial charge in [0.05, 0.1) is 23.1 Å². The molecule has 0 aromatic heterocycles. The Labute approximate surface area is 179 Å². The van der Waals surface area contributed by atoms with E-state index in [4.69, 9.17) is 39.5 Å².